The molecule has 3 amide bonds. The van der Waals surface area contributed by atoms with Gasteiger partial charge in [-0.2, -0.15) is 11.8 Å². The summed E-state index contributed by atoms with van der Waals surface area (Å²) in [5.74, 6) is 11.5. The molecule has 10 heteroatoms. The number of rotatable bonds is 5. The van der Waals surface area contributed by atoms with Crippen molar-refractivity contribution in [2.45, 2.75) is 38.0 Å². The number of nitrogens with zero attached hydrogens (tertiary/aromatic N) is 1. The molecule has 2 fully saturated rings. The molecule has 9 nitrogen and oxygen atoms in total. The van der Waals surface area contributed by atoms with E-state index in [9.17, 15) is 14.4 Å². The van der Waals surface area contributed by atoms with Crippen molar-refractivity contribution in [1.29, 1.82) is 0 Å². The van der Waals surface area contributed by atoms with Crippen LogP contribution in [0.15, 0.2) is 24.3 Å². The van der Waals surface area contributed by atoms with E-state index in [1.807, 2.05) is 20.8 Å². The number of carbonyl (C=O) groups is 3. The highest BCUT2D eigenvalue weighted by molar-refractivity contribution is 8.00. The number of methoxy groups -OCH3 is 1. The van der Waals surface area contributed by atoms with Crippen molar-refractivity contribution in [3.63, 3.8) is 0 Å². The van der Waals surface area contributed by atoms with E-state index in [0.717, 1.165) is 0 Å². The van der Waals surface area contributed by atoms with Crippen molar-refractivity contribution in [2.75, 3.05) is 31.7 Å². The van der Waals surface area contributed by atoms with Gasteiger partial charge in [-0.05, 0) is 56.9 Å². The summed E-state index contributed by atoms with van der Waals surface area (Å²) >= 11 is 1.58. The summed E-state index contributed by atoms with van der Waals surface area (Å²) in [7, 11) is 1.47. The fourth-order valence-electron chi connectivity index (χ4n) is 3.41. The van der Waals surface area contributed by atoms with Crippen LogP contribution in [0.5, 0.6) is 0 Å². The van der Waals surface area contributed by atoms with Crippen LogP contribution in [0.25, 0.3) is 0 Å². The third kappa shape index (κ3) is 6.70. The monoisotopic (exact) mass is 499 g/mol. The SMILES string of the molecule is COC1(C(NC(=O)c2ccc(C#CC#CC3CN(C(=O)OC(C)(C)C)C3)cc2)C(=O)NO)CSC1. The highest BCUT2D eigenvalue weighted by atomic mass is 32.2. The summed E-state index contributed by atoms with van der Waals surface area (Å²) in [5.41, 5.74) is 1.24. The first-order valence-electron chi connectivity index (χ1n) is 11.0. The molecule has 186 valence electrons. The van der Waals surface area contributed by atoms with Crippen molar-refractivity contribution in [1.82, 2.24) is 15.7 Å². The third-order valence-corrected chi connectivity index (χ3v) is 6.88. The Kier molecular flexibility index (Phi) is 8.34. The Hall–Kier alpha value is -3.18. The van der Waals surface area contributed by atoms with Gasteiger partial charge in [-0.3, -0.25) is 14.8 Å². The first-order valence-corrected chi connectivity index (χ1v) is 12.2. The predicted octanol–water partition coefficient (Wildman–Crippen LogP) is 1.64. The van der Waals surface area contributed by atoms with Crippen LogP contribution >= 0.6 is 11.8 Å². The number of hydroxylamine groups is 1. The summed E-state index contributed by atoms with van der Waals surface area (Å²) < 4.78 is 10.8. The van der Waals surface area contributed by atoms with Crippen molar-refractivity contribution >= 4 is 29.7 Å². The van der Waals surface area contributed by atoms with Crippen molar-refractivity contribution in [3.8, 4) is 23.7 Å². The Balaban J connectivity index is 1.53. The van der Waals surface area contributed by atoms with Crippen molar-refractivity contribution in [3.05, 3.63) is 35.4 Å². The minimum Gasteiger partial charge on any atom is -0.444 e. The minimum atomic E-state index is -1.03. The molecule has 3 rings (SSSR count). The molecule has 0 aromatic heterocycles. The maximum Gasteiger partial charge on any atom is 0.410 e. The van der Waals surface area contributed by atoms with Gasteiger partial charge in [0.25, 0.3) is 11.8 Å². The average Bonchev–Trinajstić information content (AvgIpc) is 2.75. The number of hydrogen-bond acceptors (Lipinski definition) is 7. The highest BCUT2D eigenvalue weighted by Crippen LogP contribution is 2.35. The van der Waals surface area contributed by atoms with Crippen LogP contribution in [-0.4, -0.2) is 77.0 Å². The lowest BCUT2D eigenvalue weighted by Gasteiger charge is -2.44. The lowest BCUT2D eigenvalue weighted by atomic mass is 9.95. The zero-order chi connectivity index (χ0) is 25.6. The van der Waals surface area contributed by atoms with Crippen LogP contribution in [0.3, 0.4) is 0 Å². The Bertz CT molecular complexity index is 1080. The summed E-state index contributed by atoms with van der Waals surface area (Å²) in [6, 6.07) is 5.53. The number of ether oxygens (including phenoxy) is 2. The molecule has 2 aliphatic heterocycles. The Labute approximate surface area is 209 Å². The molecular formula is C25H29N3O6S. The van der Waals surface area contributed by atoms with Gasteiger partial charge < -0.3 is 19.7 Å². The van der Waals surface area contributed by atoms with Gasteiger partial charge in [-0.1, -0.05) is 11.8 Å². The van der Waals surface area contributed by atoms with Gasteiger partial charge in [0, 0.05) is 42.8 Å². The summed E-state index contributed by atoms with van der Waals surface area (Å²) in [6.07, 6.45) is -0.335. The smallest absolute Gasteiger partial charge is 0.410 e. The molecule has 1 aromatic rings. The van der Waals surface area contributed by atoms with Gasteiger partial charge >= 0.3 is 6.09 Å². The lowest BCUT2D eigenvalue weighted by molar-refractivity contribution is -0.138. The molecule has 1 atom stereocenters. The molecule has 0 spiro atoms. The van der Waals surface area contributed by atoms with Crippen LogP contribution in [0.1, 0.15) is 36.7 Å². The van der Waals surface area contributed by atoms with Gasteiger partial charge in [0.2, 0.25) is 0 Å². The van der Waals surface area contributed by atoms with E-state index >= 15 is 0 Å². The van der Waals surface area contributed by atoms with Gasteiger partial charge in [0.05, 0.1) is 5.92 Å². The van der Waals surface area contributed by atoms with Gasteiger partial charge in [0.1, 0.15) is 17.2 Å². The molecule has 1 aromatic carbocycles. The van der Waals surface area contributed by atoms with E-state index < -0.39 is 29.1 Å². The molecule has 1 unspecified atom stereocenters. The second-order valence-electron chi connectivity index (χ2n) is 9.32. The molecule has 2 saturated heterocycles. The number of amides is 3. The molecule has 0 radical (unpaired) electrons. The van der Waals surface area contributed by atoms with E-state index in [2.05, 4.69) is 29.0 Å². The molecular weight excluding hydrogens is 470 g/mol. The van der Waals surface area contributed by atoms with Gasteiger partial charge in [-0.25, -0.2) is 10.3 Å². The minimum absolute atomic E-state index is 0.0661. The number of carbonyl (C=O) groups excluding carboxylic acids is 3. The fourth-order valence-corrected chi connectivity index (χ4v) is 4.59. The number of nitrogens with one attached hydrogen (secondary N) is 2. The van der Waals surface area contributed by atoms with E-state index in [0.29, 0.717) is 35.7 Å². The normalized spacial score (nSPS) is 17.2. The first-order chi connectivity index (χ1) is 16.6. The van der Waals surface area contributed by atoms with Crippen molar-refractivity contribution in [2.24, 2.45) is 5.92 Å². The van der Waals surface area contributed by atoms with Crippen molar-refractivity contribution < 1.29 is 29.1 Å². The quantitative estimate of drug-likeness (QED) is 0.320. The molecule has 3 N–H and O–H groups in total. The summed E-state index contributed by atoms with van der Waals surface area (Å²) in [5, 5.41) is 11.7. The van der Waals surface area contributed by atoms with Crippen LogP contribution < -0.4 is 10.8 Å². The van der Waals surface area contributed by atoms with Gasteiger partial charge in [0.15, 0.2) is 0 Å². The Morgan fingerprint density at radius 1 is 1.17 bits per heavy atom. The van der Waals surface area contributed by atoms with Crippen LogP contribution in [-0.2, 0) is 14.3 Å². The van der Waals surface area contributed by atoms with E-state index in [1.54, 1.807) is 46.4 Å². The maximum atomic E-state index is 12.7. The predicted molar refractivity (Wildman–Crippen MR) is 131 cm³/mol. The zero-order valence-corrected chi connectivity index (χ0v) is 21.0. The molecule has 2 aliphatic rings. The lowest BCUT2D eigenvalue weighted by Crippen LogP contribution is -2.66. The Morgan fingerprint density at radius 3 is 2.34 bits per heavy atom. The first kappa shape index (κ1) is 26.4. The molecule has 35 heavy (non-hydrogen) atoms. The zero-order valence-electron chi connectivity index (χ0n) is 20.1. The third-order valence-electron chi connectivity index (χ3n) is 5.50. The highest BCUT2D eigenvalue weighted by Gasteiger charge is 2.50. The largest absolute Gasteiger partial charge is 0.444 e. The number of benzene rings is 1. The van der Waals surface area contributed by atoms with Gasteiger partial charge in [-0.15, -0.1) is 0 Å². The fraction of sp³-hybridized carbons (Fsp3) is 0.480. The molecule has 0 saturated carbocycles. The van der Waals surface area contributed by atoms with E-state index in [1.165, 1.54) is 7.11 Å². The number of likely N-dealkylation sites (tertiary alicyclic amines) is 1. The topological polar surface area (TPSA) is 117 Å². The summed E-state index contributed by atoms with van der Waals surface area (Å²) in [6.45, 7) is 6.52. The second-order valence-corrected chi connectivity index (χ2v) is 10.3. The van der Waals surface area contributed by atoms with E-state index in [4.69, 9.17) is 14.7 Å². The maximum absolute atomic E-state index is 12.7. The Morgan fingerprint density at radius 2 is 1.83 bits per heavy atom. The van der Waals surface area contributed by atoms with Crippen LogP contribution in [0.4, 0.5) is 4.79 Å². The molecule has 0 bridgehead atoms. The average molecular weight is 500 g/mol. The number of thioether (sulfide) groups is 1. The van der Waals surface area contributed by atoms with Crippen LogP contribution in [0, 0.1) is 29.6 Å². The molecule has 2 heterocycles. The molecule has 0 aliphatic carbocycles. The summed E-state index contributed by atoms with van der Waals surface area (Å²) in [4.78, 5) is 38.4. The number of hydrogen-bond donors (Lipinski definition) is 3. The van der Waals surface area contributed by atoms with E-state index in [-0.39, 0.29) is 12.0 Å². The second kappa shape index (κ2) is 11.0. The standard InChI is InChI=1S/C25H29N3O6S/c1-24(2,3)34-23(31)28-13-18(14-28)8-6-5-7-17-9-11-19(12-10-17)21(29)26-20(22(30)27-32)25(33-4)15-35-16-25/h9-12,18,20,32H,13-16H2,1-4H3,(H,26,29)(H,27,30). The van der Waals surface area contributed by atoms with Crippen LogP contribution in [0.2, 0.25) is 0 Å².